The van der Waals surface area contributed by atoms with Crippen LogP contribution in [-0.4, -0.2) is 36.0 Å². The molecule has 0 saturated carbocycles. The Morgan fingerprint density at radius 3 is 2.04 bits per heavy atom. The van der Waals surface area contributed by atoms with Crippen molar-refractivity contribution in [3.63, 3.8) is 0 Å². The minimum Gasteiger partial charge on any atom is -0.487 e. The molecule has 2 aromatic heterocycles. The Bertz CT molecular complexity index is 1800. The Hall–Kier alpha value is -3.70. The molecule has 0 radical (unpaired) electrons. The molecule has 2 atom stereocenters. The SMILES string of the molecule is C[C@H](CO[Si](c1ccccc1)(c1ccccc1)C(C)(C)C)Oc1c([C@@H](C)Nc2nc(Cl)nc3cnc(Cl)cc23)cccc1C(F)(F)F. The van der Waals surface area contributed by atoms with Crippen LogP contribution in [0.1, 0.15) is 51.8 Å². The monoisotopic (exact) mass is 698 g/mol. The highest BCUT2D eigenvalue weighted by Gasteiger charge is 2.50. The number of hydrogen-bond acceptors (Lipinski definition) is 6. The summed E-state index contributed by atoms with van der Waals surface area (Å²) in [6, 6.07) is 24.9. The van der Waals surface area contributed by atoms with Crippen LogP contribution < -0.4 is 20.4 Å². The van der Waals surface area contributed by atoms with Crippen LogP contribution in [0.15, 0.2) is 91.1 Å². The van der Waals surface area contributed by atoms with E-state index >= 15 is 0 Å². The number of para-hydroxylation sites is 1. The van der Waals surface area contributed by atoms with E-state index in [1.807, 2.05) is 36.4 Å². The van der Waals surface area contributed by atoms with Crippen molar-refractivity contribution < 1.29 is 22.3 Å². The number of alkyl halides is 3. The molecule has 1 N–H and O–H groups in total. The third-order valence-electron chi connectivity index (χ3n) is 7.96. The Labute approximate surface area is 283 Å². The van der Waals surface area contributed by atoms with E-state index in [4.69, 9.17) is 32.4 Å². The number of nitrogens with zero attached hydrogens (tertiary/aromatic N) is 3. The maximum Gasteiger partial charge on any atom is 0.419 e. The van der Waals surface area contributed by atoms with E-state index in [2.05, 4.69) is 65.3 Å². The summed E-state index contributed by atoms with van der Waals surface area (Å²) in [4.78, 5) is 12.5. The molecule has 246 valence electrons. The van der Waals surface area contributed by atoms with Gasteiger partial charge < -0.3 is 14.5 Å². The quantitative estimate of drug-likeness (QED) is 0.0893. The standard InChI is InChI=1S/C35H35Cl2F3N4O2Si/c1-22(21-45-47(34(3,4)5,24-13-8-6-9-14-24)25-15-10-7-11-16-25)46-31-26(17-12-18-28(31)35(38,39)40)23(2)42-32-27-19-30(36)41-20-29(27)43-33(37)44-32/h6-20,22-23H,21H2,1-5H3,(H,42,43,44)/t22-,23-/m1/s1. The van der Waals surface area contributed by atoms with Crippen molar-refractivity contribution >= 4 is 58.6 Å². The number of rotatable bonds is 10. The van der Waals surface area contributed by atoms with Crippen LogP contribution in [0.5, 0.6) is 5.75 Å². The third-order valence-corrected chi connectivity index (χ3v) is 13.3. The molecule has 12 heteroatoms. The summed E-state index contributed by atoms with van der Waals surface area (Å²) in [5.41, 5.74) is -0.183. The second-order valence-corrected chi connectivity index (χ2v) is 17.4. The normalized spacial score (nSPS) is 13.7. The molecule has 2 heterocycles. The zero-order valence-corrected chi connectivity index (χ0v) is 29.1. The fourth-order valence-corrected chi connectivity index (χ4v) is 10.8. The number of anilines is 1. The predicted molar refractivity (Wildman–Crippen MR) is 184 cm³/mol. The number of hydrogen-bond donors (Lipinski definition) is 1. The Morgan fingerprint density at radius 2 is 1.47 bits per heavy atom. The summed E-state index contributed by atoms with van der Waals surface area (Å²) in [5.74, 6) is 0.00549. The number of fused-ring (bicyclic) bond motifs is 1. The Balaban J connectivity index is 1.50. The lowest BCUT2D eigenvalue weighted by atomic mass is 10.0. The zero-order valence-electron chi connectivity index (χ0n) is 26.6. The molecule has 0 unspecified atom stereocenters. The van der Waals surface area contributed by atoms with Gasteiger partial charge in [-0.1, -0.05) is 105 Å². The van der Waals surface area contributed by atoms with Gasteiger partial charge in [0.1, 0.15) is 22.8 Å². The number of aromatic nitrogens is 3. The van der Waals surface area contributed by atoms with E-state index in [0.29, 0.717) is 16.7 Å². The van der Waals surface area contributed by atoms with Crippen LogP contribution in [0.25, 0.3) is 10.9 Å². The molecule has 3 aromatic carbocycles. The maximum absolute atomic E-state index is 14.5. The van der Waals surface area contributed by atoms with Crippen LogP contribution >= 0.6 is 23.2 Å². The number of nitrogens with one attached hydrogen (secondary N) is 1. The first-order chi connectivity index (χ1) is 22.2. The van der Waals surface area contributed by atoms with Crippen molar-refractivity contribution in [3.8, 4) is 5.75 Å². The topological polar surface area (TPSA) is 69.2 Å². The van der Waals surface area contributed by atoms with Crippen molar-refractivity contribution in [1.29, 1.82) is 0 Å². The number of benzene rings is 3. The van der Waals surface area contributed by atoms with Crippen molar-refractivity contribution in [2.75, 3.05) is 11.9 Å². The lowest BCUT2D eigenvalue weighted by Crippen LogP contribution is -2.67. The summed E-state index contributed by atoms with van der Waals surface area (Å²) in [5, 5.41) is 5.66. The molecule has 0 aliphatic carbocycles. The summed E-state index contributed by atoms with van der Waals surface area (Å²) >= 11 is 12.3. The zero-order chi connectivity index (χ0) is 34.0. The molecule has 0 bridgehead atoms. The van der Waals surface area contributed by atoms with Gasteiger partial charge in [0.15, 0.2) is 0 Å². The molecule has 0 aliphatic heterocycles. The van der Waals surface area contributed by atoms with Crippen molar-refractivity contribution in [2.24, 2.45) is 0 Å². The highest BCUT2D eigenvalue weighted by atomic mass is 35.5. The second-order valence-electron chi connectivity index (χ2n) is 12.4. The van der Waals surface area contributed by atoms with Gasteiger partial charge in [-0.15, -0.1) is 0 Å². The molecule has 0 amide bonds. The number of halogens is 5. The average Bonchev–Trinajstić information content (AvgIpc) is 3.01. The van der Waals surface area contributed by atoms with Crippen LogP contribution in [0.4, 0.5) is 19.0 Å². The summed E-state index contributed by atoms with van der Waals surface area (Å²) < 4.78 is 56.6. The van der Waals surface area contributed by atoms with Crippen LogP contribution in [0.3, 0.4) is 0 Å². The first kappa shape index (κ1) is 34.6. The summed E-state index contributed by atoms with van der Waals surface area (Å²) in [6.07, 6.45) is -3.97. The van der Waals surface area contributed by atoms with Gasteiger partial charge in [-0.25, -0.2) is 15.0 Å². The van der Waals surface area contributed by atoms with E-state index in [1.54, 1.807) is 26.0 Å². The predicted octanol–water partition coefficient (Wildman–Crippen LogP) is 8.87. The highest BCUT2D eigenvalue weighted by Crippen LogP contribution is 2.42. The first-order valence-corrected chi connectivity index (χ1v) is 17.7. The summed E-state index contributed by atoms with van der Waals surface area (Å²) in [7, 11) is -2.96. The van der Waals surface area contributed by atoms with Crippen molar-refractivity contribution in [1.82, 2.24) is 15.0 Å². The van der Waals surface area contributed by atoms with Gasteiger partial charge in [-0.05, 0) is 53.0 Å². The highest BCUT2D eigenvalue weighted by molar-refractivity contribution is 6.99. The molecule has 0 saturated heterocycles. The maximum atomic E-state index is 14.5. The fraction of sp³-hybridized carbons (Fsp3) is 0.286. The molecule has 0 fully saturated rings. The van der Waals surface area contributed by atoms with Gasteiger partial charge in [-0.2, -0.15) is 13.2 Å². The molecular weight excluding hydrogens is 664 g/mol. The Kier molecular flexibility index (Phi) is 10.2. The first-order valence-electron chi connectivity index (χ1n) is 15.1. The van der Waals surface area contributed by atoms with E-state index in [1.165, 1.54) is 12.3 Å². The van der Waals surface area contributed by atoms with Crippen LogP contribution in [0, 0.1) is 0 Å². The third kappa shape index (κ3) is 7.41. The molecular formula is C35H35Cl2F3N4O2Si. The van der Waals surface area contributed by atoms with Gasteiger partial charge in [-0.3, -0.25) is 0 Å². The Morgan fingerprint density at radius 1 is 0.851 bits per heavy atom. The lowest BCUT2D eigenvalue weighted by molar-refractivity contribution is -0.139. The van der Waals surface area contributed by atoms with Crippen molar-refractivity contribution in [3.05, 3.63) is 113 Å². The molecule has 0 aliphatic rings. The summed E-state index contributed by atoms with van der Waals surface area (Å²) in [6.45, 7) is 9.92. The molecule has 5 aromatic rings. The van der Waals surface area contributed by atoms with E-state index in [9.17, 15) is 13.2 Å². The molecule has 0 spiro atoms. The van der Waals surface area contributed by atoms with E-state index < -0.39 is 32.2 Å². The van der Waals surface area contributed by atoms with Gasteiger partial charge in [0.2, 0.25) is 5.28 Å². The molecule has 47 heavy (non-hydrogen) atoms. The minimum atomic E-state index is -4.67. The van der Waals surface area contributed by atoms with E-state index in [0.717, 1.165) is 16.4 Å². The fourth-order valence-electron chi connectivity index (χ4n) is 5.86. The van der Waals surface area contributed by atoms with Crippen molar-refractivity contribution in [2.45, 2.75) is 58.0 Å². The van der Waals surface area contributed by atoms with Gasteiger partial charge >= 0.3 is 6.18 Å². The minimum absolute atomic E-state index is 0.0501. The number of pyridine rings is 1. The smallest absolute Gasteiger partial charge is 0.419 e. The average molecular weight is 700 g/mol. The van der Waals surface area contributed by atoms with E-state index in [-0.39, 0.29) is 33.4 Å². The van der Waals surface area contributed by atoms with Crippen LogP contribution in [0.2, 0.25) is 15.5 Å². The molecule has 5 rings (SSSR count). The van der Waals surface area contributed by atoms with Crippen LogP contribution in [-0.2, 0) is 10.6 Å². The largest absolute Gasteiger partial charge is 0.487 e. The molecule has 6 nitrogen and oxygen atoms in total. The van der Waals surface area contributed by atoms with Gasteiger partial charge in [0.05, 0.1) is 29.9 Å². The lowest BCUT2D eigenvalue weighted by Gasteiger charge is -2.43. The van der Waals surface area contributed by atoms with Gasteiger partial charge in [0, 0.05) is 10.9 Å². The second kappa shape index (κ2) is 13.8. The van der Waals surface area contributed by atoms with Gasteiger partial charge in [0.25, 0.3) is 8.32 Å². The number of ether oxygens (including phenoxy) is 1.